The summed E-state index contributed by atoms with van der Waals surface area (Å²) in [6.45, 7) is 5.10. The van der Waals surface area contributed by atoms with Gasteiger partial charge in [0.2, 0.25) is 0 Å². The summed E-state index contributed by atoms with van der Waals surface area (Å²) in [5, 5.41) is 7.27. The molecule has 2 N–H and O–H groups in total. The molecule has 0 radical (unpaired) electrons. The number of ether oxygens (including phenoxy) is 1. The predicted molar refractivity (Wildman–Crippen MR) is 110 cm³/mol. The van der Waals surface area contributed by atoms with Crippen LogP contribution in [0.25, 0.3) is 10.2 Å². The quantitative estimate of drug-likeness (QED) is 0.622. The van der Waals surface area contributed by atoms with Crippen LogP contribution in [-0.2, 0) is 11.2 Å². The lowest BCUT2D eigenvalue weighted by Crippen LogP contribution is -2.35. The number of aryl methyl sites for hydroxylation is 1. The molecular weight excluding hydrogens is 360 g/mol. The number of anilines is 1. The number of nitrogens with one attached hydrogen (secondary N) is 2. The molecule has 1 aromatic carbocycles. The fraction of sp³-hybridized carbons (Fsp3) is 0.350. The molecule has 0 aliphatic carbocycles. The molecule has 1 amide bonds. The number of carbonyl (C=O) groups excluding carboxylic acids is 1. The second-order valence-electron chi connectivity index (χ2n) is 6.45. The van der Waals surface area contributed by atoms with Gasteiger partial charge in [-0.3, -0.25) is 4.79 Å². The molecule has 2 heterocycles. The number of fused-ring (bicyclic) bond motifs is 1. The van der Waals surface area contributed by atoms with Crippen LogP contribution in [0.2, 0.25) is 0 Å². The summed E-state index contributed by atoms with van der Waals surface area (Å²) in [6, 6.07) is 10.3. The van der Waals surface area contributed by atoms with Crippen molar-refractivity contribution in [2.24, 2.45) is 0 Å². The van der Waals surface area contributed by atoms with Gasteiger partial charge in [0, 0.05) is 19.7 Å². The van der Waals surface area contributed by atoms with Crippen molar-refractivity contribution in [3.63, 3.8) is 0 Å². The Morgan fingerprint density at radius 2 is 2.04 bits per heavy atom. The van der Waals surface area contributed by atoms with Gasteiger partial charge in [0.25, 0.3) is 5.91 Å². The van der Waals surface area contributed by atoms with Gasteiger partial charge < -0.3 is 15.4 Å². The van der Waals surface area contributed by atoms with E-state index in [2.05, 4.69) is 32.7 Å². The van der Waals surface area contributed by atoms with E-state index >= 15 is 0 Å². The van der Waals surface area contributed by atoms with Crippen LogP contribution in [-0.4, -0.2) is 42.2 Å². The summed E-state index contributed by atoms with van der Waals surface area (Å²) in [5.74, 6) is 0.670. The molecule has 6 nitrogen and oxygen atoms in total. The van der Waals surface area contributed by atoms with Gasteiger partial charge in [-0.15, -0.1) is 11.3 Å². The van der Waals surface area contributed by atoms with Gasteiger partial charge in [-0.2, -0.15) is 0 Å². The molecule has 27 heavy (non-hydrogen) atoms. The van der Waals surface area contributed by atoms with Crippen molar-refractivity contribution >= 4 is 33.3 Å². The van der Waals surface area contributed by atoms with E-state index in [4.69, 9.17) is 4.74 Å². The Morgan fingerprint density at radius 3 is 2.78 bits per heavy atom. The van der Waals surface area contributed by atoms with Crippen molar-refractivity contribution in [3.05, 3.63) is 52.7 Å². The molecule has 142 valence electrons. The van der Waals surface area contributed by atoms with Crippen LogP contribution in [0.3, 0.4) is 0 Å². The number of amides is 1. The first-order chi connectivity index (χ1) is 13.1. The van der Waals surface area contributed by atoms with Crippen LogP contribution in [0.15, 0.2) is 36.7 Å². The molecule has 0 aliphatic rings. The lowest BCUT2D eigenvalue weighted by Gasteiger charge is -2.12. The number of methoxy groups -OCH3 is 1. The van der Waals surface area contributed by atoms with Crippen molar-refractivity contribution in [2.75, 3.05) is 25.6 Å². The Morgan fingerprint density at radius 1 is 1.26 bits per heavy atom. The average Bonchev–Trinajstić information content (AvgIpc) is 3.00. The standard InChI is InChI=1S/C20H24N4O2S/c1-13(11-26-3)24-19(25)17-14(2)16-18(22-12-23-20(16)27-17)21-10-9-15-7-5-4-6-8-15/h4-8,12-13H,9-11H2,1-3H3,(H,24,25)(H,21,22,23)/t13-/m1/s1. The topological polar surface area (TPSA) is 76.1 Å². The maximum atomic E-state index is 12.6. The number of nitrogens with zero attached hydrogens (tertiary/aromatic N) is 2. The molecular formula is C20H24N4O2S. The van der Waals surface area contributed by atoms with Crippen molar-refractivity contribution < 1.29 is 9.53 Å². The number of carbonyl (C=O) groups is 1. The van der Waals surface area contributed by atoms with Crippen LogP contribution in [0, 0.1) is 6.92 Å². The van der Waals surface area contributed by atoms with Crippen molar-refractivity contribution in [3.8, 4) is 0 Å². The Balaban J connectivity index is 1.77. The lowest BCUT2D eigenvalue weighted by molar-refractivity contribution is 0.0909. The molecule has 0 unspecified atom stereocenters. The first-order valence-corrected chi connectivity index (χ1v) is 9.73. The molecule has 0 aliphatic heterocycles. The number of benzene rings is 1. The lowest BCUT2D eigenvalue weighted by atomic mass is 10.1. The highest BCUT2D eigenvalue weighted by molar-refractivity contribution is 7.20. The van der Waals surface area contributed by atoms with Crippen LogP contribution in [0.4, 0.5) is 5.82 Å². The third-order valence-corrected chi connectivity index (χ3v) is 5.47. The van der Waals surface area contributed by atoms with E-state index in [1.165, 1.54) is 16.9 Å². The predicted octanol–water partition coefficient (Wildman–Crippen LogP) is 3.42. The fourth-order valence-electron chi connectivity index (χ4n) is 2.97. The van der Waals surface area contributed by atoms with Gasteiger partial charge in [-0.05, 0) is 31.4 Å². The molecule has 0 fully saturated rings. The summed E-state index contributed by atoms with van der Waals surface area (Å²) in [5.41, 5.74) is 2.17. The van der Waals surface area contributed by atoms with Gasteiger partial charge in [0.05, 0.1) is 16.9 Å². The fourth-order valence-corrected chi connectivity index (χ4v) is 4.02. The van der Waals surface area contributed by atoms with Gasteiger partial charge in [0.15, 0.2) is 0 Å². The van der Waals surface area contributed by atoms with E-state index in [1.807, 2.05) is 32.0 Å². The van der Waals surface area contributed by atoms with Crippen LogP contribution in [0.1, 0.15) is 27.7 Å². The normalized spacial score (nSPS) is 12.1. The zero-order chi connectivity index (χ0) is 19.2. The molecule has 0 saturated carbocycles. The van der Waals surface area contributed by atoms with E-state index in [1.54, 1.807) is 13.4 Å². The minimum atomic E-state index is -0.102. The first kappa shape index (κ1) is 19.3. The smallest absolute Gasteiger partial charge is 0.262 e. The largest absolute Gasteiger partial charge is 0.383 e. The van der Waals surface area contributed by atoms with Crippen molar-refractivity contribution in [1.29, 1.82) is 0 Å². The summed E-state index contributed by atoms with van der Waals surface area (Å²) in [4.78, 5) is 22.8. The zero-order valence-corrected chi connectivity index (χ0v) is 16.6. The van der Waals surface area contributed by atoms with E-state index in [-0.39, 0.29) is 11.9 Å². The number of hydrogen-bond donors (Lipinski definition) is 2. The number of aromatic nitrogens is 2. The average molecular weight is 385 g/mol. The SMILES string of the molecule is COC[C@@H](C)NC(=O)c1sc2ncnc(NCCc3ccccc3)c2c1C. The third kappa shape index (κ3) is 4.61. The zero-order valence-electron chi connectivity index (χ0n) is 15.8. The van der Waals surface area contributed by atoms with Crippen LogP contribution < -0.4 is 10.6 Å². The van der Waals surface area contributed by atoms with Crippen molar-refractivity contribution in [1.82, 2.24) is 15.3 Å². The monoisotopic (exact) mass is 384 g/mol. The van der Waals surface area contributed by atoms with Gasteiger partial charge in [-0.25, -0.2) is 9.97 Å². The molecule has 1 atom stereocenters. The molecule has 0 spiro atoms. The highest BCUT2D eigenvalue weighted by Crippen LogP contribution is 2.33. The van der Waals surface area contributed by atoms with Gasteiger partial charge in [-0.1, -0.05) is 30.3 Å². The maximum Gasteiger partial charge on any atom is 0.262 e. The maximum absolute atomic E-state index is 12.6. The van der Waals surface area contributed by atoms with Crippen molar-refractivity contribution in [2.45, 2.75) is 26.3 Å². The Hall–Kier alpha value is -2.51. The Bertz CT molecular complexity index is 911. The molecule has 3 aromatic rings. The number of thiophene rings is 1. The van der Waals surface area contributed by atoms with Crippen LogP contribution in [0.5, 0.6) is 0 Å². The molecule has 7 heteroatoms. The Kier molecular flexibility index (Phi) is 6.36. The molecule has 0 bridgehead atoms. The van der Waals surface area contributed by atoms with Crippen LogP contribution >= 0.6 is 11.3 Å². The summed E-state index contributed by atoms with van der Waals surface area (Å²) in [7, 11) is 1.62. The third-order valence-electron chi connectivity index (χ3n) is 4.28. The van der Waals surface area contributed by atoms with E-state index < -0.39 is 0 Å². The highest BCUT2D eigenvalue weighted by Gasteiger charge is 2.20. The summed E-state index contributed by atoms with van der Waals surface area (Å²) in [6.07, 6.45) is 2.44. The second-order valence-corrected chi connectivity index (χ2v) is 7.45. The van der Waals surface area contributed by atoms with Gasteiger partial charge >= 0.3 is 0 Å². The molecule has 0 saturated heterocycles. The number of hydrogen-bond acceptors (Lipinski definition) is 6. The van der Waals surface area contributed by atoms with E-state index in [9.17, 15) is 4.79 Å². The number of rotatable bonds is 8. The minimum absolute atomic E-state index is 0.0540. The molecule has 3 rings (SSSR count). The first-order valence-electron chi connectivity index (χ1n) is 8.91. The molecule has 2 aromatic heterocycles. The highest BCUT2D eigenvalue weighted by atomic mass is 32.1. The minimum Gasteiger partial charge on any atom is -0.383 e. The van der Waals surface area contributed by atoms with Gasteiger partial charge in [0.1, 0.15) is 17.0 Å². The second kappa shape index (κ2) is 8.92. The Labute approximate surface area is 163 Å². The summed E-state index contributed by atoms with van der Waals surface area (Å²) >= 11 is 1.39. The van der Waals surface area contributed by atoms with E-state index in [0.29, 0.717) is 11.5 Å². The summed E-state index contributed by atoms with van der Waals surface area (Å²) < 4.78 is 5.09. The van der Waals surface area contributed by atoms with E-state index in [0.717, 1.165) is 34.6 Å².